The van der Waals surface area contributed by atoms with Crippen molar-refractivity contribution in [2.45, 2.75) is 31.3 Å². The molecule has 4 heteroatoms. The number of hydrogen-bond acceptors (Lipinski definition) is 3. The molecule has 1 aromatic rings. The van der Waals surface area contributed by atoms with Gasteiger partial charge < -0.3 is 15.2 Å². The lowest BCUT2D eigenvalue weighted by Gasteiger charge is -2.23. The minimum absolute atomic E-state index is 0.549. The minimum Gasteiger partial charge on any atom is -0.495 e. The molecule has 0 unspecified atom stereocenters. The molecule has 0 saturated heterocycles. The summed E-state index contributed by atoms with van der Waals surface area (Å²) in [6, 6.07) is 5.53. The van der Waals surface area contributed by atoms with Gasteiger partial charge in [-0.2, -0.15) is 0 Å². The number of rotatable bonds is 4. The van der Waals surface area contributed by atoms with Crippen LogP contribution >= 0.6 is 11.6 Å². The molecule has 0 radical (unpaired) electrons. The van der Waals surface area contributed by atoms with E-state index in [-0.39, 0.29) is 0 Å². The molecule has 0 spiro atoms. The van der Waals surface area contributed by atoms with Crippen LogP contribution in [0.4, 0.5) is 5.69 Å². The van der Waals surface area contributed by atoms with Gasteiger partial charge in [-0.05, 0) is 25.0 Å². The summed E-state index contributed by atoms with van der Waals surface area (Å²) in [5.74, 6) is 0.648. The van der Waals surface area contributed by atoms with Crippen LogP contribution in [0.25, 0.3) is 0 Å². The summed E-state index contributed by atoms with van der Waals surface area (Å²) in [6.45, 7) is 0.581. The van der Waals surface area contributed by atoms with Crippen LogP contribution in [0.5, 0.6) is 5.75 Å². The Hall–Kier alpha value is -0.930. The van der Waals surface area contributed by atoms with Crippen molar-refractivity contribution in [3.8, 4) is 5.75 Å². The minimum atomic E-state index is -0.549. The zero-order chi connectivity index (χ0) is 12.3. The first-order valence-corrected chi connectivity index (χ1v) is 6.31. The van der Waals surface area contributed by atoms with Crippen molar-refractivity contribution in [2.75, 3.05) is 19.0 Å². The highest BCUT2D eigenvalue weighted by molar-refractivity contribution is 6.32. The summed E-state index contributed by atoms with van der Waals surface area (Å²) in [4.78, 5) is 0. The van der Waals surface area contributed by atoms with Gasteiger partial charge in [-0.15, -0.1) is 0 Å². The fraction of sp³-hybridized carbons (Fsp3) is 0.538. The zero-order valence-corrected chi connectivity index (χ0v) is 10.8. The van der Waals surface area contributed by atoms with Crippen molar-refractivity contribution in [2.24, 2.45) is 0 Å². The Bertz CT molecular complexity index is 389. The quantitative estimate of drug-likeness (QED) is 0.869. The topological polar surface area (TPSA) is 41.5 Å². The first-order chi connectivity index (χ1) is 8.13. The van der Waals surface area contributed by atoms with Crippen LogP contribution in [0.3, 0.4) is 0 Å². The summed E-state index contributed by atoms with van der Waals surface area (Å²) in [5, 5.41) is 14.0. The van der Waals surface area contributed by atoms with Gasteiger partial charge in [0, 0.05) is 18.3 Å². The standard InChI is InChI=1S/C13H18ClNO2/c1-17-12-8-10(4-5-11(12)14)15-9-13(16)6-2-3-7-13/h4-5,8,15-16H,2-3,6-7,9H2,1H3. The molecule has 1 fully saturated rings. The Morgan fingerprint density at radius 2 is 2.12 bits per heavy atom. The lowest BCUT2D eigenvalue weighted by Crippen LogP contribution is -2.33. The first-order valence-electron chi connectivity index (χ1n) is 5.93. The second-order valence-electron chi connectivity index (χ2n) is 4.63. The van der Waals surface area contributed by atoms with Crippen LogP contribution in [-0.4, -0.2) is 24.4 Å². The van der Waals surface area contributed by atoms with E-state index in [1.807, 2.05) is 12.1 Å². The smallest absolute Gasteiger partial charge is 0.139 e. The molecule has 0 heterocycles. The van der Waals surface area contributed by atoms with Gasteiger partial charge in [0.05, 0.1) is 17.7 Å². The van der Waals surface area contributed by atoms with E-state index in [9.17, 15) is 5.11 Å². The van der Waals surface area contributed by atoms with Crippen molar-refractivity contribution in [3.05, 3.63) is 23.2 Å². The molecular weight excluding hydrogens is 238 g/mol. The third-order valence-electron chi connectivity index (χ3n) is 3.31. The van der Waals surface area contributed by atoms with Gasteiger partial charge in [-0.1, -0.05) is 24.4 Å². The van der Waals surface area contributed by atoms with Crippen LogP contribution < -0.4 is 10.1 Å². The lowest BCUT2D eigenvalue weighted by molar-refractivity contribution is 0.0615. The summed E-state index contributed by atoms with van der Waals surface area (Å²) in [6.07, 6.45) is 3.99. The summed E-state index contributed by atoms with van der Waals surface area (Å²) < 4.78 is 5.15. The monoisotopic (exact) mass is 255 g/mol. The number of benzene rings is 1. The van der Waals surface area contributed by atoms with Gasteiger partial charge in [0.1, 0.15) is 5.75 Å². The molecule has 0 bridgehead atoms. The Labute approximate surface area is 107 Å². The van der Waals surface area contributed by atoms with Crippen molar-refractivity contribution < 1.29 is 9.84 Å². The van der Waals surface area contributed by atoms with E-state index in [0.717, 1.165) is 31.4 Å². The summed E-state index contributed by atoms with van der Waals surface area (Å²) >= 11 is 5.95. The SMILES string of the molecule is COc1cc(NCC2(O)CCCC2)ccc1Cl. The molecule has 0 amide bonds. The fourth-order valence-corrected chi connectivity index (χ4v) is 2.44. The number of methoxy groups -OCH3 is 1. The number of anilines is 1. The molecular formula is C13H18ClNO2. The molecule has 1 aliphatic rings. The molecule has 3 nitrogen and oxygen atoms in total. The largest absolute Gasteiger partial charge is 0.495 e. The maximum Gasteiger partial charge on any atom is 0.139 e. The summed E-state index contributed by atoms with van der Waals surface area (Å²) in [5.41, 5.74) is 0.374. The lowest BCUT2D eigenvalue weighted by atomic mass is 10.0. The molecule has 1 saturated carbocycles. The van der Waals surface area contributed by atoms with Gasteiger partial charge in [0.2, 0.25) is 0 Å². The molecule has 0 aromatic heterocycles. The average molecular weight is 256 g/mol. The highest BCUT2D eigenvalue weighted by atomic mass is 35.5. The van der Waals surface area contributed by atoms with Gasteiger partial charge in [-0.25, -0.2) is 0 Å². The molecule has 1 aliphatic carbocycles. The molecule has 17 heavy (non-hydrogen) atoms. The number of ether oxygens (including phenoxy) is 1. The van der Waals surface area contributed by atoms with Crippen LogP contribution in [0.1, 0.15) is 25.7 Å². The molecule has 2 N–H and O–H groups in total. The third-order valence-corrected chi connectivity index (χ3v) is 3.62. The van der Waals surface area contributed by atoms with Crippen molar-refractivity contribution in [3.63, 3.8) is 0 Å². The Morgan fingerprint density at radius 3 is 2.76 bits per heavy atom. The highest BCUT2D eigenvalue weighted by Gasteiger charge is 2.30. The normalized spacial score (nSPS) is 18.1. The average Bonchev–Trinajstić information content (AvgIpc) is 2.76. The Balaban J connectivity index is 1.99. The second-order valence-corrected chi connectivity index (χ2v) is 5.04. The van der Waals surface area contributed by atoms with E-state index in [4.69, 9.17) is 16.3 Å². The van der Waals surface area contributed by atoms with E-state index in [0.29, 0.717) is 17.3 Å². The summed E-state index contributed by atoms with van der Waals surface area (Å²) in [7, 11) is 1.59. The van der Waals surface area contributed by atoms with Crippen LogP contribution in [0.15, 0.2) is 18.2 Å². The van der Waals surface area contributed by atoms with E-state index < -0.39 is 5.60 Å². The molecule has 0 aliphatic heterocycles. The van der Waals surface area contributed by atoms with Gasteiger partial charge in [0.25, 0.3) is 0 Å². The third kappa shape index (κ3) is 3.05. The zero-order valence-electron chi connectivity index (χ0n) is 10.0. The number of nitrogens with one attached hydrogen (secondary N) is 1. The van der Waals surface area contributed by atoms with Crippen molar-refractivity contribution in [1.29, 1.82) is 0 Å². The van der Waals surface area contributed by atoms with Crippen molar-refractivity contribution in [1.82, 2.24) is 0 Å². The van der Waals surface area contributed by atoms with E-state index >= 15 is 0 Å². The number of halogens is 1. The van der Waals surface area contributed by atoms with Crippen LogP contribution in [-0.2, 0) is 0 Å². The maximum atomic E-state index is 10.2. The van der Waals surface area contributed by atoms with Gasteiger partial charge in [-0.3, -0.25) is 0 Å². The fourth-order valence-electron chi connectivity index (χ4n) is 2.25. The molecule has 0 atom stereocenters. The van der Waals surface area contributed by atoms with E-state index in [1.165, 1.54) is 0 Å². The van der Waals surface area contributed by atoms with E-state index in [1.54, 1.807) is 13.2 Å². The van der Waals surface area contributed by atoms with Gasteiger partial charge in [0.15, 0.2) is 0 Å². The van der Waals surface area contributed by atoms with E-state index in [2.05, 4.69) is 5.32 Å². The predicted octanol–water partition coefficient (Wildman–Crippen LogP) is 3.07. The number of hydrogen-bond donors (Lipinski definition) is 2. The highest BCUT2D eigenvalue weighted by Crippen LogP contribution is 2.31. The molecule has 94 valence electrons. The van der Waals surface area contributed by atoms with Crippen LogP contribution in [0, 0.1) is 0 Å². The Kier molecular flexibility index (Phi) is 3.79. The Morgan fingerprint density at radius 1 is 1.41 bits per heavy atom. The maximum absolute atomic E-state index is 10.2. The number of aliphatic hydroxyl groups is 1. The van der Waals surface area contributed by atoms with Gasteiger partial charge >= 0.3 is 0 Å². The van der Waals surface area contributed by atoms with Crippen molar-refractivity contribution >= 4 is 17.3 Å². The van der Waals surface area contributed by atoms with Crippen LogP contribution in [0.2, 0.25) is 5.02 Å². The second kappa shape index (κ2) is 5.15. The molecule has 2 rings (SSSR count). The predicted molar refractivity (Wildman–Crippen MR) is 69.9 cm³/mol. The molecule has 1 aromatic carbocycles. The first kappa shape index (κ1) is 12.5.